The molecule has 182 valence electrons. The molecule has 0 unspecified atom stereocenters. The number of rotatable bonds is 5. The molecule has 7 nitrogen and oxygen atoms in total. The van der Waals surface area contributed by atoms with Crippen LogP contribution in [0.25, 0.3) is 0 Å². The van der Waals surface area contributed by atoms with Crippen molar-refractivity contribution >= 4 is 23.7 Å². The van der Waals surface area contributed by atoms with E-state index in [0.29, 0.717) is 25.8 Å². The highest BCUT2D eigenvalue weighted by molar-refractivity contribution is 6.01. The van der Waals surface area contributed by atoms with Gasteiger partial charge in [0, 0.05) is 23.2 Å². The molecule has 1 fully saturated rings. The molecule has 0 aromatic heterocycles. The van der Waals surface area contributed by atoms with E-state index in [0.717, 1.165) is 11.3 Å². The minimum Gasteiger partial charge on any atom is -0.469 e. The molecule has 33 heavy (non-hydrogen) atoms. The minimum absolute atomic E-state index is 0.0822. The molecule has 1 aliphatic heterocycles. The van der Waals surface area contributed by atoms with E-state index in [1.807, 2.05) is 72.7 Å². The van der Waals surface area contributed by atoms with Gasteiger partial charge in [0.1, 0.15) is 5.60 Å². The van der Waals surface area contributed by atoms with Gasteiger partial charge in [0.15, 0.2) is 0 Å². The van der Waals surface area contributed by atoms with Crippen molar-refractivity contribution in [2.45, 2.75) is 84.3 Å². The van der Waals surface area contributed by atoms with Crippen LogP contribution in [0.15, 0.2) is 24.3 Å². The van der Waals surface area contributed by atoms with Gasteiger partial charge in [0.2, 0.25) is 5.91 Å². The van der Waals surface area contributed by atoms with Crippen molar-refractivity contribution in [2.24, 2.45) is 11.3 Å². The summed E-state index contributed by atoms with van der Waals surface area (Å²) in [5.74, 6) is -0.751. The number of amides is 2. The highest BCUT2D eigenvalue weighted by Gasteiger charge is 2.73. The van der Waals surface area contributed by atoms with Crippen molar-refractivity contribution in [1.82, 2.24) is 4.90 Å². The van der Waals surface area contributed by atoms with E-state index in [2.05, 4.69) is 5.32 Å². The molecule has 0 saturated heterocycles. The zero-order chi connectivity index (χ0) is 24.8. The molecule has 1 aliphatic carbocycles. The summed E-state index contributed by atoms with van der Waals surface area (Å²) in [5, 5.41) is 3.01. The van der Waals surface area contributed by atoms with Crippen molar-refractivity contribution in [3.8, 4) is 0 Å². The lowest BCUT2D eigenvalue weighted by Crippen LogP contribution is -2.70. The Morgan fingerprint density at radius 1 is 1.15 bits per heavy atom. The van der Waals surface area contributed by atoms with Crippen LogP contribution in [-0.4, -0.2) is 47.7 Å². The summed E-state index contributed by atoms with van der Waals surface area (Å²) in [7, 11) is 1.40. The lowest BCUT2D eigenvalue weighted by atomic mass is 9.38. The fourth-order valence-corrected chi connectivity index (χ4v) is 5.79. The number of carbonyl (C=O) groups excluding carboxylic acids is 3. The van der Waals surface area contributed by atoms with Gasteiger partial charge in [-0.2, -0.15) is 0 Å². The minimum atomic E-state index is -0.836. The van der Waals surface area contributed by atoms with Crippen LogP contribution in [0.4, 0.5) is 10.5 Å². The van der Waals surface area contributed by atoms with Crippen molar-refractivity contribution < 1.29 is 23.9 Å². The number of fused-ring (bicyclic) bond motifs is 3. The molecule has 0 spiro atoms. The van der Waals surface area contributed by atoms with Crippen LogP contribution in [0, 0.1) is 11.3 Å². The zero-order valence-corrected chi connectivity index (χ0v) is 21.2. The number of anilines is 1. The number of hydrogen-bond acceptors (Lipinski definition) is 5. The first-order chi connectivity index (χ1) is 15.2. The smallest absolute Gasteiger partial charge is 0.410 e. The van der Waals surface area contributed by atoms with Gasteiger partial charge in [-0.1, -0.05) is 25.1 Å². The van der Waals surface area contributed by atoms with Gasteiger partial charge < -0.3 is 19.7 Å². The number of esters is 1. The van der Waals surface area contributed by atoms with E-state index in [9.17, 15) is 14.4 Å². The molecule has 2 amide bonds. The second kappa shape index (κ2) is 8.33. The molecule has 0 radical (unpaired) electrons. The van der Waals surface area contributed by atoms with Crippen molar-refractivity contribution in [3.63, 3.8) is 0 Å². The van der Waals surface area contributed by atoms with Crippen LogP contribution in [0.5, 0.6) is 0 Å². The summed E-state index contributed by atoms with van der Waals surface area (Å²) in [4.78, 5) is 41.2. The number of benzene rings is 1. The van der Waals surface area contributed by atoms with Gasteiger partial charge in [0.25, 0.3) is 0 Å². The Balaban J connectivity index is 2.09. The maximum absolute atomic E-state index is 13.2. The molecule has 1 aromatic rings. The summed E-state index contributed by atoms with van der Waals surface area (Å²) in [6.07, 6.45) is 1.01. The number of nitrogens with one attached hydrogen (secondary N) is 1. The highest BCUT2D eigenvalue weighted by Crippen LogP contribution is 2.68. The first kappa shape index (κ1) is 25.1. The van der Waals surface area contributed by atoms with E-state index in [1.165, 1.54) is 7.11 Å². The monoisotopic (exact) mass is 458 g/mol. The fraction of sp³-hybridized carbons (Fsp3) is 0.654. The Hall–Kier alpha value is -2.57. The third-order valence-electron chi connectivity index (χ3n) is 7.32. The number of nitrogens with zero attached hydrogens (tertiary/aromatic N) is 1. The second-order valence-electron chi connectivity index (χ2n) is 11.2. The standard InChI is InChI=1S/C26H38N2O5/c1-9-25(21(30)32-8)16-18-20(29)27-19-13-11-10-12-17(19)26(18,25)14-15-28(23(2,3)4)22(31)33-24(5,6)7/h10-13,18H,9,14-16H2,1-8H3,(H,27,29)/t18-,25-,26+/m1/s1. The number of hydrogen-bond donors (Lipinski definition) is 1. The quantitative estimate of drug-likeness (QED) is 0.635. The van der Waals surface area contributed by atoms with E-state index in [4.69, 9.17) is 9.47 Å². The Labute approximate surface area is 197 Å². The van der Waals surface area contributed by atoms with Gasteiger partial charge >= 0.3 is 12.1 Å². The van der Waals surface area contributed by atoms with Crippen LogP contribution < -0.4 is 5.32 Å². The first-order valence-electron chi connectivity index (χ1n) is 11.7. The fourth-order valence-electron chi connectivity index (χ4n) is 5.79. The van der Waals surface area contributed by atoms with Gasteiger partial charge in [-0.15, -0.1) is 0 Å². The van der Waals surface area contributed by atoms with Gasteiger partial charge in [-0.05, 0) is 72.4 Å². The number of para-hydroxylation sites is 1. The van der Waals surface area contributed by atoms with Crippen molar-refractivity contribution in [3.05, 3.63) is 29.8 Å². The molecular weight excluding hydrogens is 420 g/mol. The molecule has 1 aromatic carbocycles. The third kappa shape index (κ3) is 4.00. The average Bonchev–Trinajstić information content (AvgIpc) is 2.68. The maximum Gasteiger partial charge on any atom is 0.410 e. The third-order valence-corrected chi connectivity index (χ3v) is 7.32. The highest BCUT2D eigenvalue weighted by atomic mass is 16.6. The molecule has 1 heterocycles. The SMILES string of the molecule is CC[C@]1(C(=O)OC)C[C@@H]2C(=O)Nc3ccccc3[C@@]21CCN(C(=O)OC(C)(C)C)C(C)(C)C. The molecule has 1 N–H and O–H groups in total. The van der Waals surface area contributed by atoms with Crippen LogP contribution in [0.1, 0.15) is 73.3 Å². The van der Waals surface area contributed by atoms with Gasteiger partial charge in [-0.3, -0.25) is 9.59 Å². The molecular formula is C26H38N2O5. The van der Waals surface area contributed by atoms with Gasteiger partial charge in [0.05, 0.1) is 18.4 Å². The summed E-state index contributed by atoms with van der Waals surface area (Å²) in [6.45, 7) is 13.7. The Morgan fingerprint density at radius 3 is 2.33 bits per heavy atom. The molecule has 1 saturated carbocycles. The topological polar surface area (TPSA) is 84.9 Å². The maximum atomic E-state index is 13.2. The van der Waals surface area contributed by atoms with E-state index in [1.54, 1.807) is 4.90 Å². The summed E-state index contributed by atoms with van der Waals surface area (Å²) < 4.78 is 11.0. The largest absolute Gasteiger partial charge is 0.469 e. The van der Waals surface area contributed by atoms with Crippen LogP contribution >= 0.6 is 0 Å². The van der Waals surface area contributed by atoms with Crippen LogP contribution in [0.2, 0.25) is 0 Å². The zero-order valence-electron chi connectivity index (χ0n) is 21.2. The van der Waals surface area contributed by atoms with Crippen LogP contribution in [-0.2, 0) is 24.5 Å². The Bertz CT molecular complexity index is 945. The van der Waals surface area contributed by atoms with E-state index in [-0.39, 0.29) is 17.8 Å². The van der Waals surface area contributed by atoms with Crippen LogP contribution in [0.3, 0.4) is 0 Å². The Morgan fingerprint density at radius 2 is 1.79 bits per heavy atom. The van der Waals surface area contributed by atoms with Gasteiger partial charge in [-0.25, -0.2) is 4.79 Å². The first-order valence-corrected chi connectivity index (χ1v) is 11.7. The number of ether oxygens (including phenoxy) is 2. The second-order valence-corrected chi connectivity index (χ2v) is 11.2. The normalized spacial score (nSPS) is 26.3. The molecule has 0 bridgehead atoms. The number of carbonyl (C=O) groups is 3. The molecule has 2 aliphatic rings. The number of methoxy groups -OCH3 is 1. The predicted octanol–water partition coefficient (Wildman–Crippen LogP) is 4.89. The summed E-state index contributed by atoms with van der Waals surface area (Å²) in [6, 6.07) is 7.67. The summed E-state index contributed by atoms with van der Waals surface area (Å²) >= 11 is 0. The predicted molar refractivity (Wildman–Crippen MR) is 127 cm³/mol. The van der Waals surface area contributed by atoms with E-state index >= 15 is 0 Å². The summed E-state index contributed by atoms with van der Waals surface area (Å²) in [5.41, 5.74) is -1.08. The van der Waals surface area contributed by atoms with Crippen molar-refractivity contribution in [1.29, 1.82) is 0 Å². The molecule has 3 rings (SSSR count). The Kier molecular flexibility index (Phi) is 6.33. The van der Waals surface area contributed by atoms with E-state index < -0.39 is 28.1 Å². The molecule has 7 heteroatoms. The lowest BCUT2D eigenvalue weighted by molar-refractivity contribution is -0.183. The average molecular weight is 459 g/mol. The molecule has 3 atom stereocenters. The lowest BCUT2D eigenvalue weighted by Gasteiger charge is -2.64. The van der Waals surface area contributed by atoms with Crippen molar-refractivity contribution in [2.75, 3.05) is 19.0 Å².